The maximum Gasteiger partial charge on any atom is 0.137 e. The molecular formula is C13H18O4. The molecule has 0 aliphatic carbocycles. The van der Waals surface area contributed by atoms with Gasteiger partial charge in [0.05, 0.1) is 21.3 Å². The smallest absolute Gasteiger partial charge is 0.137 e. The standard InChI is InChI=1S/C13H18O4/c1-8(9(2)14)13-11(16-4)6-10(15-3)7-12(13)17-5/h6-8H,1-5H3/t8-/m1/s1. The Morgan fingerprint density at radius 3 is 1.82 bits per heavy atom. The molecule has 4 heteroatoms. The van der Waals surface area contributed by atoms with Crippen molar-refractivity contribution in [2.45, 2.75) is 19.8 Å². The average Bonchev–Trinajstić information content (AvgIpc) is 2.35. The molecule has 0 bridgehead atoms. The van der Waals surface area contributed by atoms with Gasteiger partial charge in [-0.3, -0.25) is 4.79 Å². The van der Waals surface area contributed by atoms with Gasteiger partial charge >= 0.3 is 0 Å². The first-order valence-corrected chi connectivity index (χ1v) is 5.35. The van der Waals surface area contributed by atoms with Crippen LogP contribution in [-0.4, -0.2) is 27.1 Å². The third-order valence-corrected chi connectivity index (χ3v) is 2.80. The van der Waals surface area contributed by atoms with Gasteiger partial charge in [0.15, 0.2) is 0 Å². The van der Waals surface area contributed by atoms with Gasteiger partial charge in [-0.25, -0.2) is 0 Å². The van der Waals surface area contributed by atoms with Gasteiger partial charge in [0.25, 0.3) is 0 Å². The number of benzene rings is 1. The number of hydrogen-bond acceptors (Lipinski definition) is 4. The molecule has 94 valence electrons. The van der Waals surface area contributed by atoms with Crippen LogP contribution < -0.4 is 14.2 Å². The predicted octanol–water partition coefficient (Wildman–Crippen LogP) is 2.40. The Bertz CT molecular complexity index is 387. The van der Waals surface area contributed by atoms with Crippen LogP contribution in [0.25, 0.3) is 0 Å². The summed E-state index contributed by atoms with van der Waals surface area (Å²) in [5, 5.41) is 0. The van der Waals surface area contributed by atoms with Gasteiger partial charge < -0.3 is 14.2 Å². The fourth-order valence-corrected chi connectivity index (χ4v) is 1.66. The van der Waals surface area contributed by atoms with Crippen LogP contribution in [0.15, 0.2) is 12.1 Å². The molecule has 1 aromatic rings. The van der Waals surface area contributed by atoms with Crippen molar-refractivity contribution in [2.75, 3.05) is 21.3 Å². The highest BCUT2D eigenvalue weighted by Gasteiger charge is 2.21. The van der Waals surface area contributed by atoms with Crippen LogP contribution in [0.3, 0.4) is 0 Å². The van der Waals surface area contributed by atoms with E-state index in [0.29, 0.717) is 17.2 Å². The maximum absolute atomic E-state index is 11.5. The van der Waals surface area contributed by atoms with Gasteiger partial charge in [-0.05, 0) is 6.92 Å². The summed E-state index contributed by atoms with van der Waals surface area (Å²) < 4.78 is 15.7. The molecular weight excluding hydrogens is 220 g/mol. The van der Waals surface area contributed by atoms with E-state index in [1.807, 2.05) is 6.92 Å². The molecule has 1 rings (SSSR count). The van der Waals surface area contributed by atoms with Crippen molar-refractivity contribution in [3.63, 3.8) is 0 Å². The van der Waals surface area contributed by atoms with Crippen LogP contribution in [-0.2, 0) is 4.79 Å². The SMILES string of the molecule is COc1cc(OC)c([C@H](C)C(C)=O)c(OC)c1. The minimum Gasteiger partial charge on any atom is -0.496 e. The molecule has 1 aromatic carbocycles. The fraction of sp³-hybridized carbons (Fsp3) is 0.462. The van der Waals surface area contributed by atoms with E-state index in [1.54, 1.807) is 40.4 Å². The van der Waals surface area contributed by atoms with E-state index >= 15 is 0 Å². The molecule has 0 amide bonds. The number of carbonyl (C=O) groups excluding carboxylic acids is 1. The van der Waals surface area contributed by atoms with Crippen molar-refractivity contribution in [3.05, 3.63) is 17.7 Å². The molecule has 0 saturated carbocycles. The zero-order valence-corrected chi connectivity index (χ0v) is 10.9. The Morgan fingerprint density at radius 1 is 1.06 bits per heavy atom. The number of Topliss-reactive ketones (excluding diaryl/α,β-unsaturated/α-hetero) is 1. The number of carbonyl (C=O) groups is 1. The van der Waals surface area contributed by atoms with E-state index in [9.17, 15) is 4.79 Å². The van der Waals surface area contributed by atoms with E-state index in [1.165, 1.54) is 0 Å². The summed E-state index contributed by atoms with van der Waals surface area (Å²) in [6, 6.07) is 3.49. The minimum absolute atomic E-state index is 0.0618. The second kappa shape index (κ2) is 5.57. The first kappa shape index (κ1) is 13.4. The lowest BCUT2D eigenvalue weighted by Gasteiger charge is -2.18. The number of hydrogen-bond donors (Lipinski definition) is 0. The molecule has 0 fully saturated rings. The topological polar surface area (TPSA) is 44.8 Å². The Labute approximate surface area is 101 Å². The third kappa shape index (κ3) is 2.70. The van der Waals surface area contributed by atoms with Crippen molar-refractivity contribution >= 4 is 5.78 Å². The number of methoxy groups -OCH3 is 3. The van der Waals surface area contributed by atoms with Crippen molar-refractivity contribution < 1.29 is 19.0 Å². The zero-order valence-electron chi connectivity index (χ0n) is 10.9. The van der Waals surface area contributed by atoms with Crippen molar-refractivity contribution in [3.8, 4) is 17.2 Å². The highest BCUT2D eigenvalue weighted by Crippen LogP contribution is 2.39. The Kier molecular flexibility index (Phi) is 4.37. The van der Waals surface area contributed by atoms with E-state index in [0.717, 1.165) is 5.56 Å². The number of ether oxygens (including phenoxy) is 3. The first-order chi connectivity index (χ1) is 8.04. The molecule has 0 unspecified atom stereocenters. The molecule has 4 nitrogen and oxygen atoms in total. The Morgan fingerprint density at radius 2 is 1.53 bits per heavy atom. The molecule has 0 saturated heterocycles. The van der Waals surface area contributed by atoms with Gasteiger partial charge in [0.1, 0.15) is 23.0 Å². The molecule has 1 atom stereocenters. The van der Waals surface area contributed by atoms with Crippen LogP contribution in [0.2, 0.25) is 0 Å². The van der Waals surface area contributed by atoms with Gasteiger partial charge in [-0.2, -0.15) is 0 Å². The third-order valence-electron chi connectivity index (χ3n) is 2.80. The van der Waals surface area contributed by atoms with Gasteiger partial charge in [-0.15, -0.1) is 0 Å². The summed E-state index contributed by atoms with van der Waals surface area (Å²) in [4.78, 5) is 11.5. The Hall–Kier alpha value is -1.71. The lowest BCUT2D eigenvalue weighted by molar-refractivity contribution is -0.118. The molecule has 0 aliphatic heterocycles. The van der Waals surface area contributed by atoms with Crippen LogP contribution in [0.5, 0.6) is 17.2 Å². The monoisotopic (exact) mass is 238 g/mol. The normalized spacial score (nSPS) is 11.8. The number of rotatable bonds is 5. The van der Waals surface area contributed by atoms with Gasteiger partial charge in [-0.1, -0.05) is 6.92 Å². The molecule has 0 aromatic heterocycles. The van der Waals surface area contributed by atoms with Crippen LogP contribution in [0.1, 0.15) is 25.3 Å². The average molecular weight is 238 g/mol. The molecule has 0 radical (unpaired) electrons. The minimum atomic E-state index is -0.272. The molecule has 0 heterocycles. The van der Waals surface area contributed by atoms with Crippen molar-refractivity contribution in [1.82, 2.24) is 0 Å². The van der Waals surface area contributed by atoms with Gasteiger partial charge in [0.2, 0.25) is 0 Å². The highest BCUT2D eigenvalue weighted by atomic mass is 16.5. The van der Waals surface area contributed by atoms with Crippen molar-refractivity contribution in [2.24, 2.45) is 0 Å². The van der Waals surface area contributed by atoms with E-state index in [-0.39, 0.29) is 11.7 Å². The summed E-state index contributed by atoms with van der Waals surface area (Å²) >= 11 is 0. The number of ketones is 1. The quantitative estimate of drug-likeness (QED) is 0.790. The van der Waals surface area contributed by atoms with Crippen LogP contribution in [0, 0.1) is 0 Å². The van der Waals surface area contributed by atoms with E-state index in [2.05, 4.69) is 0 Å². The van der Waals surface area contributed by atoms with E-state index in [4.69, 9.17) is 14.2 Å². The second-order valence-electron chi connectivity index (χ2n) is 3.78. The fourth-order valence-electron chi connectivity index (χ4n) is 1.66. The largest absolute Gasteiger partial charge is 0.496 e. The molecule has 17 heavy (non-hydrogen) atoms. The predicted molar refractivity (Wildman–Crippen MR) is 65.2 cm³/mol. The zero-order chi connectivity index (χ0) is 13.0. The van der Waals surface area contributed by atoms with Crippen LogP contribution >= 0.6 is 0 Å². The summed E-state index contributed by atoms with van der Waals surface area (Å²) in [5.41, 5.74) is 0.753. The molecule has 0 spiro atoms. The summed E-state index contributed by atoms with van der Waals surface area (Å²) in [6.07, 6.45) is 0. The lowest BCUT2D eigenvalue weighted by Crippen LogP contribution is -2.08. The van der Waals surface area contributed by atoms with Crippen molar-refractivity contribution in [1.29, 1.82) is 0 Å². The summed E-state index contributed by atoms with van der Waals surface area (Å²) in [7, 11) is 4.69. The summed E-state index contributed by atoms with van der Waals surface area (Å²) in [5.74, 6) is 1.63. The van der Waals surface area contributed by atoms with E-state index < -0.39 is 0 Å². The second-order valence-corrected chi connectivity index (χ2v) is 3.78. The molecule has 0 aliphatic rings. The molecule has 0 N–H and O–H groups in total. The highest BCUT2D eigenvalue weighted by molar-refractivity contribution is 5.85. The first-order valence-electron chi connectivity index (χ1n) is 5.35. The summed E-state index contributed by atoms with van der Waals surface area (Å²) in [6.45, 7) is 3.38. The van der Waals surface area contributed by atoms with Gasteiger partial charge in [0, 0.05) is 23.6 Å². The Balaban J connectivity index is 3.39. The van der Waals surface area contributed by atoms with Crippen LogP contribution in [0.4, 0.5) is 0 Å². The maximum atomic E-state index is 11.5. The lowest BCUT2D eigenvalue weighted by atomic mass is 9.95.